The molecule has 25 heavy (non-hydrogen) atoms. The maximum atomic E-state index is 12.3. The van der Waals surface area contributed by atoms with E-state index >= 15 is 0 Å². The van der Waals surface area contributed by atoms with Gasteiger partial charge in [-0.15, -0.1) is 11.3 Å². The summed E-state index contributed by atoms with van der Waals surface area (Å²) in [6, 6.07) is 9.38. The quantitative estimate of drug-likeness (QED) is 0.573. The Balaban J connectivity index is 1.64. The second kappa shape index (κ2) is 7.41. The predicted molar refractivity (Wildman–Crippen MR) is 99.7 cm³/mol. The molecule has 5 nitrogen and oxygen atoms in total. The molecule has 0 radical (unpaired) electrons. The van der Waals surface area contributed by atoms with Crippen LogP contribution in [0.4, 0.5) is 0 Å². The van der Waals surface area contributed by atoms with Crippen LogP contribution in [0.2, 0.25) is 0 Å². The first-order valence-corrected chi connectivity index (χ1v) is 9.25. The first-order chi connectivity index (χ1) is 12.0. The van der Waals surface area contributed by atoms with Gasteiger partial charge in [-0.25, -0.2) is 4.79 Å². The van der Waals surface area contributed by atoms with Crippen LogP contribution in [0.15, 0.2) is 44.6 Å². The molecule has 1 aromatic carbocycles. The van der Waals surface area contributed by atoms with Crippen molar-refractivity contribution in [3.05, 3.63) is 56.4 Å². The number of aryl methyl sites for hydroxylation is 1. The van der Waals surface area contributed by atoms with Crippen molar-refractivity contribution in [3.63, 3.8) is 0 Å². The first-order valence-electron chi connectivity index (χ1n) is 7.58. The highest BCUT2D eigenvalue weighted by molar-refractivity contribution is 9.10. The Hall–Kier alpha value is -2.12. The van der Waals surface area contributed by atoms with Crippen molar-refractivity contribution < 1.29 is 18.7 Å². The van der Waals surface area contributed by atoms with Crippen LogP contribution < -0.4 is 0 Å². The molecule has 0 aliphatic rings. The number of hydrogen-bond acceptors (Lipinski definition) is 5. The summed E-state index contributed by atoms with van der Waals surface area (Å²) in [5, 5.41) is 2.79. The van der Waals surface area contributed by atoms with E-state index in [1.807, 2.05) is 29.6 Å². The Labute approximate surface area is 157 Å². The summed E-state index contributed by atoms with van der Waals surface area (Å²) in [6.45, 7) is 1.96. The van der Waals surface area contributed by atoms with E-state index < -0.39 is 5.97 Å². The third kappa shape index (κ3) is 3.93. The summed E-state index contributed by atoms with van der Waals surface area (Å²) in [6.07, 6.45) is 0. The zero-order chi connectivity index (χ0) is 18.0. The Morgan fingerprint density at radius 2 is 2.12 bits per heavy atom. The van der Waals surface area contributed by atoms with Crippen LogP contribution in [-0.2, 0) is 16.1 Å². The molecule has 7 heteroatoms. The highest BCUT2D eigenvalue weighted by Crippen LogP contribution is 2.28. The second-order valence-electron chi connectivity index (χ2n) is 5.60. The summed E-state index contributed by atoms with van der Waals surface area (Å²) in [5.74, 6) is -0.775. The molecule has 0 saturated carbocycles. The standard InChI is InChI=1S/C18H16BrNO4S/c1-11-14-8-12(19)5-6-15(14)24-17(11)18(22)23-10-16(21)20(2)9-13-4-3-7-25-13/h3-8H,9-10H2,1-2H3. The third-order valence-electron chi connectivity index (χ3n) is 3.81. The minimum Gasteiger partial charge on any atom is -0.450 e. The van der Waals surface area contributed by atoms with Crippen LogP contribution in [-0.4, -0.2) is 30.4 Å². The summed E-state index contributed by atoms with van der Waals surface area (Å²) in [7, 11) is 1.68. The fraction of sp³-hybridized carbons (Fsp3) is 0.222. The van der Waals surface area contributed by atoms with Crippen molar-refractivity contribution in [3.8, 4) is 0 Å². The monoisotopic (exact) mass is 421 g/mol. The molecule has 0 spiro atoms. The summed E-state index contributed by atoms with van der Waals surface area (Å²) < 4.78 is 11.6. The molecule has 0 aliphatic carbocycles. The normalized spacial score (nSPS) is 10.8. The minimum absolute atomic E-state index is 0.127. The van der Waals surface area contributed by atoms with Gasteiger partial charge in [-0.05, 0) is 36.6 Å². The highest BCUT2D eigenvalue weighted by atomic mass is 79.9. The van der Waals surface area contributed by atoms with Gasteiger partial charge in [0.1, 0.15) is 5.58 Å². The van der Waals surface area contributed by atoms with E-state index in [4.69, 9.17) is 9.15 Å². The van der Waals surface area contributed by atoms with Gasteiger partial charge in [0.15, 0.2) is 6.61 Å². The average Bonchev–Trinajstić information content (AvgIpc) is 3.21. The zero-order valence-corrected chi connectivity index (χ0v) is 16.1. The van der Waals surface area contributed by atoms with Crippen molar-refractivity contribution in [2.45, 2.75) is 13.5 Å². The lowest BCUT2D eigenvalue weighted by atomic mass is 10.1. The molecular formula is C18H16BrNO4S. The number of rotatable bonds is 5. The fourth-order valence-corrected chi connectivity index (χ4v) is 3.53. The zero-order valence-electron chi connectivity index (χ0n) is 13.7. The van der Waals surface area contributed by atoms with Gasteiger partial charge < -0.3 is 14.1 Å². The number of esters is 1. The Kier molecular flexibility index (Phi) is 5.24. The summed E-state index contributed by atoms with van der Waals surface area (Å²) >= 11 is 4.97. The minimum atomic E-state index is -0.636. The highest BCUT2D eigenvalue weighted by Gasteiger charge is 2.21. The number of hydrogen-bond donors (Lipinski definition) is 0. The number of likely N-dealkylation sites (N-methyl/N-ethyl adjacent to an activating group) is 1. The molecule has 2 heterocycles. The van der Waals surface area contributed by atoms with E-state index in [1.54, 1.807) is 31.4 Å². The molecule has 3 aromatic rings. The molecule has 0 unspecified atom stereocenters. The molecular weight excluding hydrogens is 406 g/mol. The van der Waals surface area contributed by atoms with Gasteiger partial charge in [-0.3, -0.25) is 4.79 Å². The van der Waals surface area contributed by atoms with E-state index in [0.29, 0.717) is 17.7 Å². The van der Waals surface area contributed by atoms with Crippen LogP contribution in [0.3, 0.4) is 0 Å². The SMILES string of the molecule is Cc1c(C(=O)OCC(=O)N(C)Cc2cccs2)oc2ccc(Br)cc12. The Bertz CT molecular complexity index is 917. The second-order valence-corrected chi connectivity index (χ2v) is 7.55. The van der Waals surface area contributed by atoms with Gasteiger partial charge in [0.2, 0.25) is 5.76 Å². The number of benzene rings is 1. The number of amides is 1. The molecule has 1 amide bonds. The number of fused-ring (bicyclic) bond motifs is 1. The molecule has 0 saturated heterocycles. The number of thiophene rings is 1. The lowest BCUT2D eigenvalue weighted by molar-refractivity contribution is -0.133. The number of carbonyl (C=O) groups excluding carboxylic acids is 2. The van der Waals surface area contributed by atoms with E-state index in [9.17, 15) is 9.59 Å². The van der Waals surface area contributed by atoms with Crippen LogP contribution in [0.5, 0.6) is 0 Å². The lowest BCUT2D eigenvalue weighted by Crippen LogP contribution is -2.30. The van der Waals surface area contributed by atoms with Crippen molar-refractivity contribution in [1.82, 2.24) is 4.90 Å². The van der Waals surface area contributed by atoms with E-state index in [1.165, 1.54) is 4.90 Å². The smallest absolute Gasteiger partial charge is 0.375 e. The number of carbonyl (C=O) groups is 2. The number of ether oxygens (including phenoxy) is 1. The van der Waals surface area contributed by atoms with Crippen molar-refractivity contribution in [2.24, 2.45) is 0 Å². The van der Waals surface area contributed by atoms with Crippen LogP contribution in [0.1, 0.15) is 21.0 Å². The van der Waals surface area contributed by atoms with Gasteiger partial charge in [0.25, 0.3) is 5.91 Å². The largest absolute Gasteiger partial charge is 0.450 e. The molecule has 2 aromatic heterocycles. The molecule has 0 N–H and O–H groups in total. The molecule has 130 valence electrons. The fourth-order valence-electron chi connectivity index (χ4n) is 2.42. The average molecular weight is 422 g/mol. The van der Waals surface area contributed by atoms with Gasteiger partial charge in [-0.1, -0.05) is 22.0 Å². The maximum absolute atomic E-state index is 12.3. The maximum Gasteiger partial charge on any atom is 0.375 e. The summed E-state index contributed by atoms with van der Waals surface area (Å²) in [4.78, 5) is 27.0. The molecule has 0 aliphatic heterocycles. The van der Waals surface area contributed by atoms with Crippen molar-refractivity contribution in [2.75, 3.05) is 13.7 Å². The van der Waals surface area contributed by atoms with Gasteiger partial charge in [-0.2, -0.15) is 0 Å². The van der Waals surface area contributed by atoms with Crippen molar-refractivity contribution >= 4 is 50.1 Å². The third-order valence-corrected chi connectivity index (χ3v) is 5.16. The van der Waals surface area contributed by atoms with E-state index in [-0.39, 0.29) is 18.3 Å². The number of furan rings is 1. The molecule has 0 bridgehead atoms. The molecule has 0 fully saturated rings. The first kappa shape index (κ1) is 17.7. The van der Waals surface area contributed by atoms with Gasteiger partial charge in [0, 0.05) is 27.3 Å². The molecule has 0 atom stereocenters. The van der Waals surface area contributed by atoms with Crippen molar-refractivity contribution in [1.29, 1.82) is 0 Å². The van der Waals surface area contributed by atoms with Gasteiger partial charge >= 0.3 is 5.97 Å². The van der Waals surface area contributed by atoms with Crippen LogP contribution in [0.25, 0.3) is 11.0 Å². The summed E-state index contributed by atoms with van der Waals surface area (Å²) in [5.41, 5.74) is 1.30. The topological polar surface area (TPSA) is 59.8 Å². The van der Waals surface area contributed by atoms with E-state index in [0.717, 1.165) is 14.7 Å². The Morgan fingerprint density at radius 1 is 1.32 bits per heavy atom. The predicted octanol–water partition coefficient (Wildman–Crippen LogP) is 4.38. The lowest BCUT2D eigenvalue weighted by Gasteiger charge is -2.15. The number of nitrogens with zero attached hydrogens (tertiary/aromatic N) is 1. The molecule has 3 rings (SSSR count). The van der Waals surface area contributed by atoms with Crippen LogP contribution >= 0.6 is 27.3 Å². The Morgan fingerprint density at radius 3 is 2.84 bits per heavy atom. The van der Waals surface area contributed by atoms with E-state index in [2.05, 4.69) is 15.9 Å². The van der Waals surface area contributed by atoms with Gasteiger partial charge in [0.05, 0.1) is 6.54 Å². The van der Waals surface area contributed by atoms with Crippen LogP contribution in [0, 0.1) is 6.92 Å². The number of halogens is 1.